The Morgan fingerprint density at radius 3 is 1.00 bits per heavy atom. The van der Waals surface area contributed by atoms with Gasteiger partial charge in [0.05, 0.1) is 0 Å². The summed E-state index contributed by atoms with van der Waals surface area (Å²) in [5.41, 5.74) is 0. The van der Waals surface area contributed by atoms with Crippen LogP contribution in [0, 0.1) is 0 Å². The molecule has 0 aromatic rings. The molecule has 0 fully saturated rings. The van der Waals surface area contributed by atoms with E-state index in [-0.39, 0.29) is 0 Å². The predicted molar refractivity (Wildman–Crippen MR) is 36.6 cm³/mol. The molecule has 0 aromatic carbocycles. The van der Waals surface area contributed by atoms with Crippen LogP contribution in [0.1, 0.15) is 13.8 Å². The summed E-state index contributed by atoms with van der Waals surface area (Å²) in [5.74, 6) is 0. The zero-order valence-electron chi connectivity index (χ0n) is 7.31. The number of rotatable bonds is 2. The molecule has 0 N–H and O–H groups in total. The molecule has 4 heteroatoms. The Hall–Kier alpha value is 1.66. The van der Waals surface area contributed by atoms with Gasteiger partial charge in [-0.1, -0.05) is 0 Å². The fraction of sp³-hybridized carbons (Fsp3) is 1.00. The van der Waals surface area contributed by atoms with Crippen molar-refractivity contribution in [3.8, 4) is 0 Å². The molecule has 0 aliphatic carbocycles. The van der Waals surface area contributed by atoms with Crippen molar-refractivity contribution in [3.05, 3.63) is 0 Å². The van der Waals surface area contributed by atoms with Crippen molar-refractivity contribution in [1.82, 2.24) is 5.78 Å². The van der Waals surface area contributed by atoms with Crippen LogP contribution in [0.25, 0.3) is 0 Å². The fourth-order valence-electron chi connectivity index (χ4n) is 0. The summed E-state index contributed by atoms with van der Waals surface area (Å²) >= 11 is 2.41. The van der Waals surface area contributed by atoms with Crippen LogP contribution in [0.4, 0.5) is 0 Å². The summed E-state index contributed by atoms with van der Waals surface area (Å²) in [6.45, 7) is 6.72. The van der Waals surface area contributed by atoms with Crippen molar-refractivity contribution in [1.29, 1.82) is 0 Å². The van der Waals surface area contributed by atoms with Gasteiger partial charge in [0.2, 0.25) is 0 Å². The summed E-state index contributed by atoms with van der Waals surface area (Å²) in [4.78, 5) is 0. The molecule has 0 aromatic heterocycles. The van der Waals surface area contributed by atoms with E-state index in [2.05, 4.69) is 33.7 Å². The van der Waals surface area contributed by atoms with E-state index in [9.17, 15) is 0 Å². The molecule has 0 saturated carbocycles. The molecule has 0 heterocycles. The van der Waals surface area contributed by atoms with Crippen LogP contribution >= 0.6 is 0 Å². The second kappa shape index (κ2) is 10.7. The third kappa shape index (κ3) is 22.6. The van der Waals surface area contributed by atoms with E-state index in [1.807, 2.05) is 0 Å². The number of hydrogen-bond acceptors (Lipinski definition) is 2. The Balaban J connectivity index is 0. The Morgan fingerprint density at radius 2 is 1.00 bits per heavy atom. The number of nitrogens with zero attached hydrogens (tertiary/aromatic N) is 2. The van der Waals surface area contributed by atoms with Crippen molar-refractivity contribution in [2.45, 2.75) is 13.8 Å². The van der Waals surface area contributed by atoms with E-state index in [4.69, 9.17) is 0 Å². The first kappa shape index (κ1) is 14.2. The normalized spacial score (nSPS) is 9.20. The van der Waals surface area contributed by atoms with Crippen LogP contribution in [-0.4, -0.2) is 33.0 Å². The Bertz CT molecular complexity index is 49.7. The summed E-state index contributed by atoms with van der Waals surface area (Å²) in [6, 6.07) is 0. The van der Waals surface area contributed by atoms with Crippen LogP contribution in [0.15, 0.2) is 0 Å². The zero-order valence-corrected chi connectivity index (χ0v) is 14.5. The van der Waals surface area contributed by atoms with Gasteiger partial charge in [-0.3, -0.25) is 0 Å². The Morgan fingerprint density at radius 1 is 0.900 bits per heavy atom. The van der Waals surface area contributed by atoms with Crippen LogP contribution in [0.5, 0.6) is 0 Å². The van der Waals surface area contributed by atoms with E-state index in [0.717, 1.165) is 0 Å². The van der Waals surface area contributed by atoms with Gasteiger partial charge in [-0.25, -0.2) is 0 Å². The molecule has 10 heavy (non-hydrogen) atoms. The van der Waals surface area contributed by atoms with Gasteiger partial charge in [-0.05, 0) is 0 Å². The first-order valence-corrected chi connectivity index (χ1v) is 6.60. The van der Waals surface area contributed by atoms with Gasteiger partial charge in [0, 0.05) is 0 Å². The molecular weight excluding hydrogens is 457 g/mol. The molecule has 2 nitrogen and oxygen atoms in total. The average Bonchev–Trinajstić information content (AvgIpc) is 1.89. The maximum absolute atomic E-state index is 2.26. The molecule has 0 amide bonds. The molecule has 0 spiro atoms. The van der Waals surface area contributed by atoms with Gasteiger partial charge >= 0.3 is 96.1 Å². The molecule has 0 aliphatic rings. The number of hydrogen-bond donors (Lipinski definition) is 0. The van der Waals surface area contributed by atoms with E-state index >= 15 is 0 Å². The quantitative estimate of drug-likeness (QED) is 0.548. The van der Waals surface area contributed by atoms with E-state index in [1.54, 1.807) is 0 Å². The van der Waals surface area contributed by atoms with Crippen molar-refractivity contribution in [2.24, 2.45) is 0 Å². The molecule has 0 radical (unpaired) electrons. The molecular formula is C6H16Hf2N2. The first-order valence-electron chi connectivity index (χ1n) is 3.39. The van der Waals surface area contributed by atoms with Crippen molar-refractivity contribution < 1.29 is 49.3 Å². The van der Waals surface area contributed by atoms with Gasteiger partial charge in [0.15, 0.2) is 0 Å². The third-order valence-corrected chi connectivity index (χ3v) is 3.22. The standard InChI is InChI=1S/2C3H8N.2Hf/c2*1-3-4-2;;/h2*3H2,1-2H3;;/q2*-1;2*+1. The van der Waals surface area contributed by atoms with Crippen LogP contribution in [-0.2, 0) is 49.3 Å². The molecule has 0 unspecified atom stereocenters. The molecule has 0 atom stereocenters. The van der Waals surface area contributed by atoms with E-state index in [0.29, 0.717) is 0 Å². The van der Waals surface area contributed by atoms with Crippen molar-refractivity contribution >= 4 is 0 Å². The van der Waals surface area contributed by atoms with Crippen molar-refractivity contribution in [3.63, 3.8) is 0 Å². The van der Waals surface area contributed by atoms with Gasteiger partial charge in [-0.2, -0.15) is 0 Å². The molecule has 58 valence electrons. The third-order valence-electron chi connectivity index (χ3n) is 0.949. The second-order valence-electron chi connectivity index (χ2n) is 2.03. The zero-order chi connectivity index (χ0) is 8.57. The van der Waals surface area contributed by atoms with Crippen LogP contribution < -0.4 is 0 Å². The minimum absolute atomic E-state index is 1.20. The SMILES string of the molecule is CC[N](C)[Hf].CC[N](C)[Hf]. The fourth-order valence-corrected chi connectivity index (χ4v) is 0. The summed E-state index contributed by atoms with van der Waals surface area (Å²) in [7, 11) is 4.23. The van der Waals surface area contributed by atoms with Gasteiger partial charge < -0.3 is 0 Å². The molecule has 0 aliphatic heterocycles. The average molecular weight is 473 g/mol. The first-order chi connectivity index (χ1) is 4.54. The predicted octanol–water partition coefficient (Wildman–Crippen LogP) is 0.800. The van der Waals surface area contributed by atoms with Gasteiger partial charge in [-0.15, -0.1) is 0 Å². The Kier molecular flexibility index (Phi) is 15.1. The van der Waals surface area contributed by atoms with Gasteiger partial charge in [0.25, 0.3) is 0 Å². The topological polar surface area (TPSA) is 6.48 Å². The molecule has 0 rings (SSSR count). The van der Waals surface area contributed by atoms with Crippen molar-refractivity contribution in [2.75, 3.05) is 27.2 Å². The summed E-state index contributed by atoms with van der Waals surface area (Å²) < 4.78 is 4.53. The van der Waals surface area contributed by atoms with E-state index in [1.165, 1.54) is 62.4 Å². The molecule has 0 saturated heterocycles. The maximum atomic E-state index is 2.26. The minimum atomic E-state index is 1.20. The summed E-state index contributed by atoms with van der Waals surface area (Å²) in [6.07, 6.45) is 0. The van der Waals surface area contributed by atoms with E-state index < -0.39 is 0 Å². The van der Waals surface area contributed by atoms with Gasteiger partial charge in [0.1, 0.15) is 0 Å². The van der Waals surface area contributed by atoms with Crippen LogP contribution in [0.2, 0.25) is 0 Å². The summed E-state index contributed by atoms with van der Waals surface area (Å²) in [5, 5.41) is 0. The van der Waals surface area contributed by atoms with Crippen LogP contribution in [0.3, 0.4) is 0 Å². The Labute approximate surface area is 95.3 Å². The second-order valence-corrected chi connectivity index (χ2v) is 7.51. The monoisotopic (exact) mass is 476 g/mol. The molecule has 0 bridgehead atoms.